The van der Waals surface area contributed by atoms with Gasteiger partial charge in [0.1, 0.15) is 5.75 Å². The zero-order valence-electron chi connectivity index (χ0n) is 19.6. The van der Waals surface area contributed by atoms with Gasteiger partial charge in [-0.2, -0.15) is 0 Å². The lowest BCUT2D eigenvalue weighted by Gasteiger charge is -2.41. The fourth-order valence-electron chi connectivity index (χ4n) is 4.76. The molecule has 0 saturated carbocycles. The van der Waals surface area contributed by atoms with Gasteiger partial charge in [-0.15, -0.1) is 0 Å². The van der Waals surface area contributed by atoms with E-state index in [4.69, 9.17) is 4.74 Å². The van der Waals surface area contributed by atoms with Gasteiger partial charge < -0.3 is 14.5 Å². The summed E-state index contributed by atoms with van der Waals surface area (Å²) >= 11 is 0. The third-order valence-electron chi connectivity index (χ3n) is 6.44. The molecular weight excluding hydrogens is 400 g/mol. The smallest absolute Gasteiger partial charge is 0.263 e. The second-order valence-corrected chi connectivity index (χ2v) is 9.96. The highest BCUT2D eigenvalue weighted by molar-refractivity contribution is 5.83. The summed E-state index contributed by atoms with van der Waals surface area (Å²) < 4.78 is 6.11. The summed E-state index contributed by atoms with van der Waals surface area (Å²) in [5.41, 5.74) is 2.93. The van der Waals surface area contributed by atoms with Crippen LogP contribution in [0.5, 0.6) is 5.75 Å². The molecule has 170 valence electrons. The van der Waals surface area contributed by atoms with E-state index in [0.717, 1.165) is 43.5 Å². The van der Waals surface area contributed by atoms with Crippen LogP contribution < -0.4 is 4.74 Å². The third-order valence-corrected chi connectivity index (χ3v) is 6.44. The van der Waals surface area contributed by atoms with Crippen molar-refractivity contribution in [2.45, 2.75) is 59.1 Å². The van der Waals surface area contributed by atoms with Gasteiger partial charge in [-0.1, -0.05) is 57.2 Å². The van der Waals surface area contributed by atoms with Crippen LogP contribution >= 0.6 is 0 Å². The molecule has 4 rings (SSSR count). The Balaban J connectivity index is 1.66. The fourth-order valence-corrected chi connectivity index (χ4v) is 4.76. The van der Waals surface area contributed by atoms with Gasteiger partial charge in [0.25, 0.3) is 5.91 Å². The van der Waals surface area contributed by atoms with Gasteiger partial charge in [-0.3, -0.25) is 9.59 Å². The molecule has 0 aliphatic carbocycles. The first-order chi connectivity index (χ1) is 15.3. The van der Waals surface area contributed by atoms with Crippen LogP contribution in [0.25, 0.3) is 0 Å². The molecule has 2 aromatic carbocycles. The molecule has 1 saturated heterocycles. The first-order valence-electron chi connectivity index (χ1n) is 11.7. The highest BCUT2D eigenvalue weighted by Gasteiger charge is 2.37. The van der Waals surface area contributed by atoms with Crippen LogP contribution in [0.4, 0.5) is 0 Å². The Hall–Kier alpha value is -2.82. The SMILES string of the molecule is C[C@H](Oc1ccc2c(c1)[C@@H](c1ccccc1)N(C(=O)C(C)(C)C)CC2)C(=O)N1CCCC1. The van der Waals surface area contributed by atoms with Crippen LogP contribution in [0.2, 0.25) is 0 Å². The summed E-state index contributed by atoms with van der Waals surface area (Å²) in [6.07, 6.45) is 2.40. The molecule has 5 nitrogen and oxygen atoms in total. The number of ether oxygens (including phenoxy) is 1. The van der Waals surface area contributed by atoms with E-state index >= 15 is 0 Å². The van der Waals surface area contributed by atoms with E-state index in [1.165, 1.54) is 5.56 Å². The summed E-state index contributed by atoms with van der Waals surface area (Å²) in [4.78, 5) is 30.0. The van der Waals surface area contributed by atoms with Gasteiger partial charge >= 0.3 is 0 Å². The average Bonchev–Trinajstić information content (AvgIpc) is 3.32. The van der Waals surface area contributed by atoms with Crippen molar-refractivity contribution in [2.24, 2.45) is 5.41 Å². The van der Waals surface area contributed by atoms with E-state index in [-0.39, 0.29) is 17.9 Å². The lowest BCUT2D eigenvalue weighted by molar-refractivity contribution is -0.141. The summed E-state index contributed by atoms with van der Waals surface area (Å²) in [5.74, 6) is 0.861. The Morgan fingerprint density at radius 3 is 2.34 bits per heavy atom. The van der Waals surface area contributed by atoms with E-state index in [0.29, 0.717) is 12.3 Å². The van der Waals surface area contributed by atoms with Gasteiger partial charge in [-0.05, 0) is 55.0 Å². The standard InChI is InChI=1S/C27H34N2O3/c1-19(25(30)28-15-8-9-16-28)32-22-13-12-20-14-17-29(26(31)27(2,3)4)24(23(20)18-22)21-10-6-5-7-11-21/h5-7,10-13,18-19,24H,8-9,14-17H2,1-4H3/t19-,24+/m0/s1. The molecule has 2 heterocycles. The first-order valence-corrected chi connectivity index (χ1v) is 11.7. The van der Waals surface area contributed by atoms with Crippen LogP contribution in [0.1, 0.15) is 63.3 Å². The third kappa shape index (κ3) is 4.52. The number of nitrogens with zero attached hydrogens (tertiary/aromatic N) is 2. The van der Waals surface area contributed by atoms with E-state index in [1.807, 2.05) is 67.8 Å². The molecule has 2 aliphatic heterocycles. The summed E-state index contributed by atoms with van der Waals surface area (Å²) in [6.45, 7) is 10.1. The van der Waals surface area contributed by atoms with Crippen molar-refractivity contribution < 1.29 is 14.3 Å². The molecule has 0 unspecified atom stereocenters. The Morgan fingerprint density at radius 2 is 1.69 bits per heavy atom. The lowest BCUT2D eigenvalue weighted by atomic mass is 9.85. The highest BCUT2D eigenvalue weighted by Crippen LogP contribution is 2.39. The summed E-state index contributed by atoms with van der Waals surface area (Å²) in [7, 11) is 0. The average molecular weight is 435 g/mol. The van der Waals surface area contributed by atoms with Crippen molar-refractivity contribution in [3.63, 3.8) is 0 Å². The molecule has 5 heteroatoms. The number of likely N-dealkylation sites (tertiary alicyclic amines) is 1. The van der Waals surface area contributed by atoms with Crippen LogP contribution in [0.3, 0.4) is 0 Å². The Bertz CT molecular complexity index is 974. The largest absolute Gasteiger partial charge is 0.481 e. The maximum Gasteiger partial charge on any atom is 0.263 e. The van der Waals surface area contributed by atoms with Crippen molar-refractivity contribution in [1.82, 2.24) is 9.80 Å². The van der Waals surface area contributed by atoms with E-state index in [2.05, 4.69) is 18.2 Å². The zero-order chi connectivity index (χ0) is 22.9. The maximum atomic E-state index is 13.4. The molecule has 0 aromatic heterocycles. The predicted molar refractivity (Wildman–Crippen MR) is 126 cm³/mol. The van der Waals surface area contributed by atoms with Crippen molar-refractivity contribution in [1.29, 1.82) is 0 Å². The molecule has 2 atom stereocenters. The quantitative estimate of drug-likeness (QED) is 0.707. The predicted octanol–water partition coefficient (Wildman–Crippen LogP) is 4.60. The lowest BCUT2D eigenvalue weighted by Crippen LogP contribution is -2.45. The van der Waals surface area contributed by atoms with Gasteiger partial charge in [0.05, 0.1) is 6.04 Å². The molecule has 0 bridgehead atoms. The van der Waals surface area contributed by atoms with Crippen LogP contribution in [-0.4, -0.2) is 47.4 Å². The summed E-state index contributed by atoms with van der Waals surface area (Å²) in [5, 5.41) is 0. The number of carbonyl (C=O) groups excluding carboxylic acids is 2. The van der Waals surface area contributed by atoms with Gasteiger partial charge in [0.2, 0.25) is 5.91 Å². The first kappa shape index (κ1) is 22.4. The fraction of sp³-hybridized carbons (Fsp3) is 0.481. The molecular formula is C27H34N2O3. The minimum Gasteiger partial charge on any atom is -0.481 e. The second kappa shape index (κ2) is 8.97. The van der Waals surface area contributed by atoms with Crippen molar-refractivity contribution in [3.05, 3.63) is 65.2 Å². The van der Waals surface area contributed by atoms with Crippen LogP contribution in [0.15, 0.2) is 48.5 Å². The Morgan fingerprint density at radius 1 is 1.00 bits per heavy atom. The number of amides is 2. The second-order valence-electron chi connectivity index (χ2n) is 9.96. The molecule has 1 fully saturated rings. The maximum absolute atomic E-state index is 13.4. The molecule has 2 aromatic rings. The molecule has 0 N–H and O–H groups in total. The number of rotatable bonds is 4. The molecule has 32 heavy (non-hydrogen) atoms. The Labute approximate surface area is 191 Å². The monoisotopic (exact) mass is 434 g/mol. The number of benzene rings is 2. The minimum atomic E-state index is -0.530. The van der Waals surface area contributed by atoms with E-state index in [1.54, 1.807) is 0 Å². The van der Waals surface area contributed by atoms with E-state index < -0.39 is 11.5 Å². The Kier molecular flexibility index (Phi) is 6.27. The van der Waals surface area contributed by atoms with Crippen LogP contribution in [-0.2, 0) is 16.0 Å². The molecule has 2 amide bonds. The summed E-state index contributed by atoms with van der Waals surface area (Å²) in [6, 6.07) is 16.1. The number of hydrogen-bond donors (Lipinski definition) is 0. The van der Waals surface area contributed by atoms with Gasteiger partial charge in [0.15, 0.2) is 6.10 Å². The van der Waals surface area contributed by atoms with Gasteiger partial charge in [-0.25, -0.2) is 0 Å². The number of hydrogen-bond acceptors (Lipinski definition) is 3. The molecule has 0 radical (unpaired) electrons. The van der Waals surface area contributed by atoms with Gasteiger partial charge in [0, 0.05) is 25.0 Å². The number of carbonyl (C=O) groups is 2. The highest BCUT2D eigenvalue weighted by atomic mass is 16.5. The topological polar surface area (TPSA) is 49.9 Å². The molecule has 0 spiro atoms. The van der Waals surface area contributed by atoms with Crippen molar-refractivity contribution >= 4 is 11.8 Å². The van der Waals surface area contributed by atoms with Crippen molar-refractivity contribution in [3.8, 4) is 5.75 Å². The zero-order valence-corrected chi connectivity index (χ0v) is 19.6. The number of fused-ring (bicyclic) bond motifs is 1. The van der Waals surface area contributed by atoms with Crippen LogP contribution in [0, 0.1) is 5.41 Å². The van der Waals surface area contributed by atoms with Crippen molar-refractivity contribution in [2.75, 3.05) is 19.6 Å². The normalized spacial score (nSPS) is 19.4. The van der Waals surface area contributed by atoms with E-state index in [9.17, 15) is 9.59 Å². The minimum absolute atomic E-state index is 0.0457. The molecule has 2 aliphatic rings.